The van der Waals surface area contributed by atoms with Gasteiger partial charge in [0.05, 0.1) is 0 Å². The van der Waals surface area contributed by atoms with E-state index in [1.807, 2.05) is 55.4 Å². The first kappa shape index (κ1) is 33.0. The molecule has 12 heteroatoms. The van der Waals surface area contributed by atoms with Gasteiger partial charge in [0, 0.05) is 46.7 Å². The highest BCUT2D eigenvalue weighted by Crippen LogP contribution is 2.38. The summed E-state index contributed by atoms with van der Waals surface area (Å²) in [5.41, 5.74) is 2.17. The Hall–Kier alpha value is -4.35. The van der Waals surface area contributed by atoms with Crippen molar-refractivity contribution in [2.45, 2.75) is 43.1 Å². The van der Waals surface area contributed by atoms with Crippen molar-refractivity contribution in [2.75, 3.05) is 25.5 Å². The predicted octanol–water partition coefficient (Wildman–Crippen LogP) is 5.94. The minimum absolute atomic E-state index is 0.00753. The summed E-state index contributed by atoms with van der Waals surface area (Å²) in [7, 11) is 3.81. The second-order valence-corrected chi connectivity index (χ2v) is 12.1. The summed E-state index contributed by atoms with van der Waals surface area (Å²) in [4.78, 5) is 47.2. The standard InChI is InChI=1S/C34H34ClF3N4O4/c1-20(25-18-39-26-15-9-8-14-24(25)26)28(40-31(43)29(21-11-5-4-6-12-21)46-33(45)34(36,37)38)32(44)42-27-16-10-7-13-22(27)17-23(30(42)35)19-41(2)3/h4-16,18,20,23,28-30,39H,17,19H2,1-3H3,(H,40,43)/t20?,23-,28?,29+,30?/m1/s1. The van der Waals surface area contributed by atoms with Crippen LogP contribution in [0, 0.1) is 5.92 Å². The monoisotopic (exact) mass is 654 g/mol. The van der Waals surface area contributed by atoms with Gasteiger partial charge in [0.25, 0.3) is 11.8 Å². The van der Waals surface area contributed by atoms with Crippen LogP contribution >= 0.6 is 11.6 Å². The first-order valence-electron chi connectivity index (χ1n) is 14.8. The highest BCUT2D eigenvalue weighted by molar-refractivity contribution is 6.25. The maximum absolute atomic E-state index is 14.8. The second kappa shape index (κ2) is 13.6. The number of ether oxygens (including phenoxy) is 1. The number of nitrogens with zero attached hydrogens (tertiary/aromatic N) is 2. The first-order chi connectivity index (χ1) is 21.9. The Bertz CT molecular complexity index is 1710. The zero-order chi connectivity index (χ0) is 33.2. The third kappa shape index (κ3) is 6.90. The lowest BCUT2D eigenvalue weighted by molar-refractivity contribution is -0.205. The molecule has 2 heterocycles. The van der Waals surface area contributed by atoms with Gasteiger partial charge in [0.15, 0.2) is 0 Å². The lowest BCUT2D eigenvalue weighted by Crippen LogP contribution is -2.57. The van der Waals surface area contributed by atoms with Crippen molar-refractivity contribution >= 4 is 46.0 Å². The SMILES string of the molecule is CC(c1c[nH]c2ccccc12)C(NC(=O)[C@@H](OC(=O)C(F)(F)F)c1ccccc1)C(=O)N1c2ccccc2C[C@H](CN(C)C)C1Cl. The summed E-state index contributed by atoms with van der Waals surface area (Å²) in [6, 6.07) is 20.8. The fourth-order valence-corrected chi connectivity index (χ4v) is 6.38. The molecule has 46 heavy (non-hydrogen) atoms. The number of hydrogen-bond donors (Lipinski definition) is 2. The van der Waals surface area contributed by atoms with Gasteiger partial charge < -0.3 is 19.9 Å². The molecule has 1 aliphatic heterocycles. The number of benzene rings is 3. The second-order valence-electron chi connectivity index (χ2n) is 11.7. The van der Waals surface area contributed by atoms with E-state index in [4.69, 9.17) is 16.3 Å². The van der Waals surface area contributed by atoms with E-state index in [1.165, 1.54) is 29.2 Å². The Morgan fingerprint density at radius 1 is 1.02 bits per heavy atom. The third-order valence-corrected chi connectivity index (χ3v) is 8.73. The Balaban J connectivity index is 1.58. The summed E-state index contributed by atoms with van der Waals surface area (Å²) in [6.45, 7) is 2.32. The molecule has 8 nitrogen and oxygen atoms in total. The molecular formula is C34H34ClF3N4O4. The number of anilines is 1. The molecular weight excluding hydrogens is 621 g/mol. The molecule has 4 aromatic rings. The van der Waals surface area contributed by atoms with Crippen molar-refractivity contribution in [1.29, 1.82) is 0 Å². The average Bonchev–Trinajstić information content (AvgIpc) is 3.46. The highest BCUT2D eigenvalue weighted by atomic mass is 35.5. The van der Waals surface area contributed by atoms with Crippen molar-refractivity contribution in [3.63, 3.8) is 0 Å². The minimum Gasteiger partial charge on any atom is -0.441 e. The smallest absolute Gasteiger partial charge is 0.441 e. The van der Waals surface area contributed by atoms with Gasteiger partial charge in [0.2, 0.25) is 6.10 Å². The van der Waals surface area contributed by atoms with Gasteiger partial charge in [-0.3, -0.25) is 14.5 Å². The van der Waals surface area contributed by atoms with Crippen LogP contribution in [0.3, 0.4) is 0 Å². The van der Waals surface area contributed by atoms with Crippen LogP contribution in [0.2, 0.25) is 0 Å². The third-order valence-electron chi connectivity index (χ3n) is 8.18. The average molecular weight is 655 g/mol. The summed E-state index contributed by atoms with van der Waals surface area (Å²) in [5, 5.41) is 3.47. The fourth-order valence-electron chi connectivity index (χ4n) is 6.01. The quantitative estimate of drug-likeness (QED) is 0.133. The molecule has 0 fully saturated rings. The van der Waals surface area contributed by atoms with E-state index >= 15 is 0 Å². The largest absolute Gasteiger partial charge is 0.490 e. The topological polar surface area (TPSA) is 94.7 Å². The highest BCUT2D eigenvalue weighted by Gasteiger charge is 2.46. The number of fused-ring (bicyclic) bond motifs is 2. The van der Waals surface area contributed by atoms with E-state index in [0.717, 1.165) is 16.5 Å². The van der Waals surface area contributed by atoms with Crippen LogP contribution in [0.5, 0.6) is 0 Å². The van der Waals surface area contributed by atoms with Crippen LogP contribution in [0.15, 0.2) is 85.1 Å². The van der Waals surface area contributed by atoms with Crippen LogP contribution in [0.1, 0.15) is 35.6 Å². The summed E-state index contributed by atoms with van der Waals surface area (Å²) in [5.74, 6) is -5.04. The normalized spacial score (nSPS) is 18.5. The number of nitrogens with one attached hydrogen (secondary N) is 2. The number of halogens is 4. The molecule has 0 radical (unpaired) electrons. The van der Waals surface area contributed by atoms with Crippen LogP contribution in [-0.2, 0) is 25.5 Å². The van der Waals surface area contributed by atoms with Gasteiger partial charge in [-0.2, -0.15) is 13.2 Å². The number of amides is 2. The van der Waals surface area contributed by atoms with Crippen LogP contribution in [-0.4, -0.2) is 66.0 Å². The van der Waals surface area contributed by atoms with E-state index in [0.29, 0.717) is 24.2 Å². The summed E-state index contributed by atoms with van der Waals surface area (Å²) >= 11 is 7.06. The van der Waals surface area contributed by atoms with Crippen molar-refractivity contribution < 1.29 is 32.3 Å². The number of para-hydroxylation sites is 2. The molecule has 0 saturated carbocycles. The van der Waals surface area contributed by atoms with Crippen molar-refractivity contribution in [3.8, 4) is 0 Å². The molecule has 1 aliphatic rings. The molecule has 242 valence electrons. The number of hydrogen-bond acceptors (Lipinski definition) is 5. The zero-order valence-electron chi connectivity index (χ0n) is 25.4. The van der Waals surface area contributed by atoms with Gasteiger partial charge >= 0.3 is 12.1 Å². The van der Waals surface area contributed by atoms with Crippen molar-refractivity contribution in [1.82, 2.24) is 15.2 Å². The molecule has 3 aromatic carbocycles. The zero-order valence-corrected chi connectivity index (χ0v) is 26.2. The molecule has 2 amide bonds. The minimum atomic E-state index is -5.34. The lowest BCUT2D eigenvalue weighted by Gasteiger charge is -2.42. The fraction of sp³-hybridized carbons (Fsp3) is 0.324. The van der Waals surface area contributed by atoms with E-state index in [1.54, 1.807) is 31.3 Å². The van der Waals surface area contributed by atoms with Gasteiger partial charge in [-0.25, -0.2) is 4.79 Å². The summed E-state index contributed by atoms with van der Waals surface area (Å²) < 4.78 is 44.6. The van der Waals surface area contributed by atoms with E-state index in [-0.39, 0.29) is 11.5 Å². The number of aromatic nitrogens is 1. The number of aromatic amines is 1. The number of alkyl halides is 4. The van der Waals surface area contributed by atoms with Gasteiger partial charge in [-0.1, -0.05) is 85.3 Å². The number of rotatable bonds is 9. The van der Waals surface area contributed by atoms with E-state index < -0.39 is 47.5 Å². The molecule has 3 unspecified atom stereocenters. The molecule has 2 N–H and O–H groups in total. The Labute approximate surface area is 269 Å². The number of esters is 1. The predicted molar refractivity (Wildman–Crippen MR) is 169 cm³/mol. The van der Waals surface area contributed by atoms with E-state index in [2.05, 4.69) is 10.3 Å². The Kier molecular flexibility index (Phi) is 9.74. The molecule has 5 atom stereocenters. The van der Waals surface area contributed by atoms with Crippen LogP contribution < -0.4 is 10.2 Å². The van der Waals surface area contributed by atoms with Gasteiger partial charge in [0.1, 0.15) is 11.5 Å². The van der Waals surface area contributed by atoms with Crippen LogP contribution in [0.25, 0.3) is 10.9 Å². The summed E-state index contributed by atoms with van der Waals surface area (Å²) in [6.07, 6.45) is -4.98. The molecule has 0 bridgehead atoms. The first-order valence-corrected chi connectivity index (χ1v) is 15.2. The van der Waals surface area contributed by atoms with Gasteiger partial charge in [-0.15, -0.1) is 0 Å². The maximum Gasteiger partial charge on any atom is 0.490 e. The Morgan fingerprint density at radius 2 is 1.67 bits per heavy atom. The Morgan fingerprint density at radius 3 is 2.37 bits per heavy atom. The molecule has 1 aromatic heterocycles. The maximum atomic E-state index is 14.8. The molecule has 0 spiro atoms. The number of H-pyrrole nitrogens is 1. The van der Waals surface area contributed by atoms with Crippen LogP contribution in [0.4, 0.5) is 18.9 Å². The van der Waals surface area contributed by atoms with Gasteiger partial charge in [-0.05, 0) is 43.8 Å². The molecule has 5 rings (SSSR count). The van der Waals surface area contributed by atoms with Crippen molar-refractivity contribution in [3.05, 3.63) is 102 Å². The molecule has 0 aliphatic carbocycles. The number of carbonyl (C=O) groups is 3. The van der Waals surface area contributed by atoms with E-state index in [9.17, 15) is 27.6 Å². The molecule has 0 saturated heterocycles. The number of carbonyl (C=O) groups excluding carboxylic acids is 3. The van der Waals surface area contributed by atoms with Crippen molar-refractivity contribution in [2.24, 2.45) is 5.92 Å². The lowest BCUT2D eigenvalue weighted by atomic mass is 9.88.